The van der Waals surface area contributed by atoms with Crippen LogP contribution in [0.2, 0.25) is 8.67 Å². The molecule has 1 aromatic heterocycles. The number of halogens is 3. The SMILES string of the molecule is O=C(c1cc(Cl)sc1Cl)N1CCCCCC1CCl. The van der Waals surface area contributed by atoms with E-state index in [1.165, 1.54) is 11.3 Å². The zero-order valence-electron chi connectivity index (χ0n) is 9.79. The normalized spacial score (nSPS) is 20.8. The maximum absolute atomic E-state index is 12.5. The Kier molecular flexibility index (Phi) is 5.19. The van der Waals surface area contributed by atoms with Gasteiger partial charge in [0.15, 0.2) is 0 Å². The Bertz CT molecular complexity index is 435. The van der Waals surface area contributed by atoms with Gasteiger partial charge in [-0.15, -0.1) is 22.9 Å². The molecule has 0 saturated carbocycles. The van der Waals surface area contributed by atoms with Crippen LogP contribution >= 0.6 is 46.1 Å². The third-order valence-corrected chi connectivity index (χ3v) is 5.05. The number of hydrogen-bond acceptors (Lipinski definition) is 2. The molecule has 0 aliphatic carbocycles. The molecule has 0 radical (unpaired) electrons. The Morgan fingerprint density at radius 1 is 1.39 bits per heavy atom. The third kappa shape index (κ3) is 3.13. The van der Waals surface area contributed by atoms with Crippen molar-refractivity contribution in [3.63, 3.8) is 0 Å². The lowest BCUT2D eigenvalue weighted by Gasteiger charge is -2.28. The molecule has 2 heterocycles. The lowest BCUT2D eigenvalue weighted by molar-refractivity contribution is 0.0701. The number of carbonyl (C=O) groups is 1. The van der Waals surface area contributed by atoms with E-state index in [2.05, 4.69) is 0 Å². The van der Waals surface area contributed by atoms with E-state index in [1.54, 1.807) is 6.07 Å². The van der Waals surface area contributed by atoms with Crippen molar-refractivity contribution >= 4 is 52.0 Å². The molecule has 1 aliphatic rings. The molecule has 18 heavy (non-hydrogen) atoms. The molecule has 1 aliphatic heterocycles. The molecule has 1 aromatic rings. The molecule has 6 heteroatoms. The van der Waals surface area contributed by atoms with Crippen molar-refractivity contribution in [2.24, 2.45) is 0 Å². The molecule has 0 N–H and O–H groups in total. The van der Waals surface area contributed by atoms with E-state index in [9.17, 15) is 4.79 Å². The number of thiophene rings is 1. The summed E-state index contributed by atoms with van der Waals surface area (Å²) in [5.41, 5.74) is 0.503. The van der Waals surface area contributed by atoms with E-state index in [-0.39, 0.29) is 11.9 Å². The van der Waals surface area contributed by atoms with E-state index in [0.29, 0.717) is 20.1 Å². The molecule has 0 spiro atoms. The molecule has 2 nitrogen and oxygen atoms in total. The molecule has 1 unspecified atom stereocenters. The maximum Gasteiger partial charge on any atom is 0.256 e. The first kappa shape index (κ1) is 14.4. The van der Waals surface area contributed by atoms with Gasteiger partial charge in [-0.2, -0.15) is 0 Å². The summed E-state index contributed by atoms with van der Waals surface area (Å²) in [7, 11) is 0. The van der Waals surface area contributed by atoms with Gasteiger partial charge < -0.3 is 4.90 Å². The Morgan fingerprint density at radius 3 is 2.78 bits per heavy atom. The highest BCUT2D eigenvalue weighted by Crippen LogP contribution is 2.33. The minimum Gasteiger partial charge on any atom is -0.334 e. The molecule has 1 atom stereocenters. The first-order valence-electron chi connectivity index (χ1n) is 5.95. The average molecular weight is 327 g/mol. The van der Waals surface area contributed by atoms with Crippen LogP contribution in [0.4, 0.5) is 0 Å². The zero-order chi connectivity index (χ0) is 13.1. The molecular weight excluding hydrogens is 313 g/mol. The Hall–Kier alpha value is 0.0400. The monoisotopic (exact) mass is 325 g/mol. The number of alkyl halides is 1. The van der Waals surface area contributed by atoms with Crippen LogP contribution in [0.3, 0.4) is 0 Å². The zero-order valence-corrected chi connectivity index (χ0v) is 12.9. The highest BCUT2D eigenvalue weighted by molar-refractivity contribution is 7.20. The lowest BCUT2D eigenvalue weighted by Crippen LogP contribution is -2.41. The van der Waals surface area contributed by atoms with Gasteiger partial charge in [0.05, 0.1) is 9.90 Å². The van der Waals surface area contributed by atoms with Crippen molar-refractivity contribution in [3.05, 3.63) is 20.3 Å². The minimum atomic E-state index is -0.0456. The maximum atomic E-state index is 12.5. The van der Waals surface area contributed by atoms with Gasteiger partial charge in [-0.1, -0.05) is 36.0 Å². The molecule has 0 aromatic carbocycles. The second-order valence-corrected chi connectivity index (χ2v) is 6.99. The van der Waals surface area contributed by atoms with Gasteiger partial charge in [0, 0.05) is 18.5 Å². The molecule has 1 amide bonds. The number of nitrogens with zero attached hydrogens (tertiary/aromatic N) is 1. The number of likely N-dealkylation sites (tertiary alicyclic amines) is 1. The van der Waals surface area contributed by atoms with Gasteiger partial charge in [0.1, 0.15) is 4.34 Å². The van der Waals surface area contributed by atoms with Crippen molar-refractivity contribution in [3.8, 4) is 0 Å². The molecule has 2 rings (SSSR count). The van der Waals surface area contributed by atoms with Crippen LogP contribution in [-0.4, -0.2) is 29.3 Å². The van der Waals surface area contributed by atoms with Crippen LogP contribution in [0.1, 0.15) is 36.0 Å². The standard InChI is InChI=1S/C12H14Cl3NOS/c13-7-8-4-2-1-3-5-16(8)12(17)9-6-10(14)18-11(9)15/h6,8H,1-5,7H2. The van der Waals surface area contributed by atoms with E-state index >= 15 is 0 Å². The van der Waals surface area contributed by atoms with Crippen molar-refractivity contribution in [1.82, 2.24) is 4.90 Å². The Balaban J connectivity index is 2.22. The van der Waals surface area contributed by atoms with Gasteiger partial charge in [-0.05, 0) is 18.9 Å². The lowest BCUT2D eigenvalue weighted by atomic mass is 10.1. The van der Waals surface area contributed by atoms with Gasteiger partial charge in [-0.25, -0.2) is 0 Å². The summed E-state index contributed by atoms with van der Waals surface area (Å²) in [5.74, 6) is 0.428. The summed E-state index contributed by atoms with van der Waals surface area (Å²) in [4.78, 5) is 14.3. The van der Waals surface area contributed by atoms with Gasteiger partial charge in [0.2, 0.25) is 0 Å². The Morgan fingerprint density at radius 2 is 2.17 bits per heavy atom. The van der Waals surface area contributed by atoms with Crippen molar-refractivity contribution < 1.29 is 4.79 Å². The largest absolute Gasteiger partial charge is 0.334 e. The molecule has 100 valence electrons. The summed E-state index contributed by atoms with van der Waals surface area (Å²) in [5, 5.41) is 0. The summed E-state index contributed by atoms with van der Waals surface area (Å²) in [6, 6.07) is 1.75. The molecule has 1 saturated heterocycles. The first-order valence-corrected chi connectivity index (χ1v) is 8.06. The van der Waals surface area contributed by atoms with Crippen LogP contribution in [0.5, 0.6) is 0 Å². The topological polar surface area (TPSA) is 20.3 Å². The predicted molar refractivity (Wildman–Crippen MR) is 78.4 cm³/mol. The van der Waals surface area contributed by atoms with Gasteiger partial charge in [0.25, 0.3) is 5.91 Å². The van der Waals surface area contributed by atoms with Crippen LogP contribution in [-0.2, 0) is 0 Å². The van der Waals surface area contributed by atoms with Gasteiger partial charge in [-0.3, -0.25) is 4.79 Å². The second kappa shape index (κ2) is 6.47. The summed E-state index contributed by atoms with van der Waals surface area (Å²) in [6.07, 6.45) is 4.26. The third-order valence-electron chi connectivity index (χ3n) is 3.20. The Labute approximate surface area is 126 Å². The van der Waals surface area contributed by atoms with Crippen LogP contribution < -0.4 is 0 Å². The molecular formula is C12H14Cl3NOS. The predicted octanol–water partition coefficient (Wildman–Crippen LogP) is 4.68. The van der Waals surface area contributed by atoms with Crippen LogP contribution in [0.15, 0.2) is 6.07 Å². The highest BCUT2D eigenvalue weighted by Gasteiger charge is 2.27. The first-order chi connectivity index (χ1) is 8.63. The van der Waals surface area contributed by atoms with Crippen LogP contribution in [0.25, 0.3) is 0 Å². The van der Waals surface area contributed by atoms with E-state index in [4.69, 9.17) is 34.8 Å². The number of rotatable bonds is 2. The summed E-state index contributed by atoms with van der Waals surface area (Å²) >= 11 is 19.1. The van der Waals surface area contributed by atoms with E-state index < -0.39 is 0 Å². The fourth-order valence-electron chi connectivity index (χ4n) is 2.25. The molecule has 1 fully saturated rings. The number of amides is 1. The summed E-state index contributed by atoms with van der Waals surface area (Å²) < 4.78 is 1.00. The number of carbonyl (C=O) groups excluding carboxylic acids is 1. The fraction of sp³-hybridized carbons (Fsp3) is 0.583. The quantitative estimate of drug-likeness (QED) is 0.723. The van der Waals surface area contributed by atoms with Gasteiger partial charge >= 0.3 is 0 Å². The van der Waals surface area contributed by atoms with Crippen molar-refractivity contribution in [2.45, 2.75) is 31.7 Å². The fourth-order valence-corrected chi connectivity index (χ4v) is 4.01. The van der Waals surface area contributed by atoms with Crippen molar-refractivity contribution in [2.75, 3.05) is 12.4 Å². The van der Waals surface area contributed by atoms with E-state index in [1.807, 2.05) is 4.90 Å². The van der Waals surface area contributed by atoms with E-state index in [0.717, 1.165) is 32.2 Å². The molecule has 0 bridgehead atoms. The average Bonchev–Trinajstić information content (AvgIpc) is 2.56. The van der Waals surface area contributed by atoms with Crippen LogP contribution in [0, 0.1) is 0 Å². The second-order valence-electron chi connectivity index (χ2n) is 4.39. The number of hydrogen-bond donors (Lipinski definition) is 0. The highest BCUT2D eigenvalue weighted by atomic mass is 35.5. The summed E-state index contributed by atoms with van der Waals surface area (Å²) in [6.45, 7) is 0.750. The van der Waals surface area contributed by atoms with Crippen molar-refractivity contribution in [1.29, 1.82) is 0 Å². The minimum absolute atomic E-state index is 0.0456. The smallest absolute Gasteiger partial charge is 0.256 e.